The van der Waals surface area contributed by atoms with E-state index in [2.05, 4.69) is 55.5 Å². The summed E-state index contributed by atoms with van der Waals surface area (Å²) in [7, 11) is 0. The van der Waals surface area contributed by atoms with Gasteiger partial charge >= 0.3 is 0 Å². The lowest BCUT2D eigenvalue weighted by Gasteiger charge is -2.28. The highest BCUT2D eigenvalue weighted by molar-refractivity contribution is 5.82. The Labute approximate surface area is 148 Å². The maximum Gasteiger partial charge on any atom is 0.239 e. The molecule has 0 aliphatic carbocycles. The number of fused-ring (bicyclic) bond motifs is 1. The van der Waals surface area contributed by atoms with Crippen LogP contribution in [0.2, 0.25) is 0 Å². The van der Waals surface area contributed by atoms with Gasteiger partial charge in [0.2, 0.25) is 5.91 Å². The average molecular weight is 339 g/mol. The number of benzene rings is 1. The number of hydrogen-bond acceptors (Lipinski definition) is 4. The Morgan fingerprint density at radius 2 is 2.12 bits per heavy atom. The Balaban J connectivity index is 1.30. The van der Waals surface area contributed by atoms with Crippen LogP contribution in [-0.4, -0.2) is 41.6 Å². The second-order valence-corrected chi connectivity index (χ2v) is 6.89. The molecule has 1 fully saturated rings. The van der Waals surface area contributed by atoms with Crippen molar-refractivity contribution in [3.05, 3.63) is 48.0 Å². The number of hydrogen-bond donors (Lipinski definition) is 2. The molecule has 1 aromatic carbocycles. The van der Waals surface area contributed by atoms with Gasteiger partial charge in [-0.3, -0.25) is 4.79 Å². The van der Waals surface area contributed by atoms with Crippen molar-refractivity contribution >= 4 is 11.6 Å². The predicted octanol–water partition coefficient (Wildman–Crippen LogP) is 1.49. The molecule has 0 saturated carbocycles. The number of piperazine rings is 1. The Bertz CT molecular complexity index is 724. The number of carbonyl (C=O) groups is 1. The Morgan fingerprint density at radius 1 is 1.24 bits per heavy atom. The van der Waals surface area contributed by atoms with Crippen LogP contribution in [0.25, 0.3) is 0 Å². The summed E-state index contributed by atoms with van der Waals surface area (Å²) in [6.07, 6.45) is 6.43. The van der Waals surface area contributed by atoms with Gasteiger partial charge in [-0.15, -0.1) is 0 Å². The third kappa shape index (κ3) is 3.69. The second kappa shape index (κ2) is 7.27. The number of anilines is 1. The quantitative estimate of drug-likeness (QED) is 0.866. The van der Waals surface area contributed by atoms with E-state index >= 15 is 0 Å². The topological polar surface area (TPSA) is 62.2 Å². The Kier molecular flexibility index (Phi) is 4.70. The van der Waals surface area contributed by atoms with Gasteiger partial charge in [0.1, 0.15) is 5.82 Å². The second-order valence-electron chi connectivity index (χ2n) is 6.89. The van der Waals surface area contributed by atoms with E-state index in [9.17, 15) is 4.79 Å². The lowest BCUT2D eigenvalue weighted by atomic mass is 9.99. The van der Waals surface area contributed by atoms with Crippen LogP contribution in [0.5, 0.6) is 0 Å². The molecule has 1 aromatic heterocycles. The predicted molar refractivity (Wildman–Crippen MR) is 97.6 cm³/mol. The van der Waals surface area contributed by atoms with Gasteiger partial charge < -0.3 is 20.1 Å². The molecule has 6 heteroatoms. The highest BCUT2D eigenvalue weighted by Gasteiger charge is 2.20. The molecular weight excluding hydrogens is 314 g/mol. The van der Waals surface area contributed by atoms with Gasteiger partial charge in [0.25, 0.3) is 0 Å². The minimum atomic E-state index is 0.0998. The van der Waals surface area contributed by atoms with Crippen LogP contribution < -0.4 is 15.5 Å². The van der Waals surface area contributed by atoms with Gasteiger partial charge in [0, 0.05) is 56.7 Å². The zero-order valence-electron chi connectivity index (χ0n) is 14.4. The van der Waals surface area contributed by atoms with Crippen LogP contribution in [0, 0.1) is 0 Å². The highest BCUT2D eigenvalue weighted by Crippen LogP contribution is 2.25. The average Bonchev–Trinajstić information content (AvgIpc) is 3.12. The van der Waals surface area contributed by atoms with Crippen LogP contribution in [0.3, 0.4) is 0 Å². The minimum Gasteiger partial charge on any atom is -0.360 e. The van der Waals surface area contributed by atoms with Crippen molar-refractivity contribution in [3.63, 3.8) is 0 Å². The van der Waals surface area contributed by atoms with Gasteiger partial charge in [-0.05, 0) is 30.5 Å². The first-order valence-corrected chi connectivity index (χ1v) is 9.12. The molecule has 6 nitrogen and oxygen atoms in total. The molecule has 3 heterocycles. The summed E-state index contributed by atoms with van der Waals surface area (Å²) in [5.41, 5.74) is 2.39. The van der Waals surface area contributed by atoms with Gasteiger partial charge in [0.15, 0.2) is 0 Å². The van der Waals surface area contributed by atoms with E-state index in [1.54, 1.807) is 0 Å². The molecule has 0 radical (unpaired) electrons. The van der Waals surface area contributed by atoms with E-state index in [4.69, 9.17) is 0 Å². The third-order valence-corrected chi connectivity index (χ3v) is 5.12. The zero-order chi connectivity index (χ0) is 17.1. The molecule has 2 aromatic rings. The summed E-state index contributed by atoms with van der Waals surface area (Å²) in [6.45, 7) is 4.97. The molecule has 2 N–H and O–H groups in total. The zero-order valence-corrected chi connectivity index (χ0v) is 14.4. The molecule has 132 valence electrons. The van der Waals surface area contributed by atoms with Gasteiger partial charge in [0.05, 0.1) is 6.54 Å². The first kappa shape index (κ1) is 16.1. The van der Waals surface area contributed by atoms with Crippen molar-refractivity contribution in [2.75, 3.05) is 31.1 Å². The van der Waals surface area contributed by atoms with E-state index in [1.165, 1.54) is 24.2 Å². The molecular formula is C19H25N5O. The number of carbonyl (C=O) groups excluding carboxylic acids is 1. The lowest BCUT2D eigenvalue weighted by Crippen LogP contribution is -2.47. The summed E-state index contributed by atoms with van der Waals surface area (Å²) in [5, 5.41) is 6.44. The van der Waals surface area contributed by atoms with E-state index in [1.807, 2.05) is 6.20 Å². The molecule has 0 bridgehead atoms. The van der Waals surface area contributed by atoms with Gasteiger partial charge in [-0.2, -0.15) is 0 Å². The molecule has 4 rings (SSSR count). The van der Waals surface area contributed by atoms with Crippen LogP contribution in [0.15, 0.2) is 36.7 Å². The highest BCUT2D eigenvalue weighted by atomic mass is 16.2. The normalized spacial score (nSPS) is 20.2. The SMILES string of the molecule is O=C1CN(c2ccc(CNCC3CCCn4ccnc43)cc2)CCN1. The maximum absolute atomic E-state index is 11.5. The smallest absolute Gasteiger partial charge is 0.239 e. The monoisotopic (exact) mass is 339 g/mol. The summed E-state index contributed by atoms with van der Waals surface area (Å²) in [4.78, 5) is 18.1. The largest absolute Gasteiger partial charge is 0.360 e. The summed E-state index contributed by atoms with van der Waals surface area (Å²) in [5.74, 6) is 1.83. The summed E-state index contributed by atoms with van der Waals surface area (Å²) in [6, 6.07) is 8.53. The minimum absolute atomic E-state index is 0.0998. The van der Waals surface area contributed by atoms with Crippen LogP contribution in [-0.2, 0) is 17.9 Å². The van der Waals surface area contributed by atoms with Crippen molar-refractivity contribution in [3.8, 4) is 0 Å². The van der Waals surface area contributed by atoms with Crippen molar-refractivity contribution in [2.24, 2.45) is 0 Å². The number of nitrogens with zero attached hydrogens (tertiary/aromatic N) is 3. The molecule has 2 aliphatic heterocycles. The van der Waals surface area contributed by atoms with E-state index in [0.29, 0.717) is 12.5 Å². The number of aromatic nitrogens is 2. The molecule has 1 amide bonds. The number of imidazole rings is 1. The van der Waals surface area contributed by atoms with Crippen LogP contribution in [0.1, 0.15) is 30.1 Å². The van der Waals surface area contributed by atoms with Gasteiger partial charge in [-0.1, -0.05) is 12.1 Å². The Morgan fingerprint density at radius 3 is 2.96 bits per heavy atom. The number of rotatable bonds is 5. The van der Waals surface area contributed by atoms with E-state index in [0.717, 1.165) is 38.4 Å². The van der Waals surface area contributed by atoms with Crippen molar-refractivity contribution in [1.82, 2.24) is 20.2 Å². The fourth-order valence-electron chi connectivity index (χ4n) is 3.77. The number of aryl methyl sites for hydroxylation is 1. The molecule has 0 spiro atoms. The van der Waals surface area contributed by atoms with Crippen molar-refractivity contribution in [1.29, 1.82) is 0 Å². The van der Waals surface area contributed by atoms with E-state index in [-0.39, 0.29) is 5.91 Å². The van der Waals surface area contributed by atoms with Crippen LogP contribution >= 0.6 is 0 Å². The lowest BCUT2D eigenvalue weighted by molar-refractivity contribution is -0.120. The molecule has 1 atom stereocenters. The number of nitrogens with one attached hydrogen (secondary N) is 2. The molecule has 2 aliphatic rings. The molecule has 1 unspecified atom stereocenters. The first-order valence-electron chi connectivity index (χ1n) is 9.12. The fraction of sp³-hybridized carbons (Fsp3) is 0.474. The standard InChI is InChI=1S/C19H25N5O/c25-18-14-24(11-7-21-18)17-5-3-15(4-6-17)12-20-13-16-2-1-9-23-10-8-22-19(16)23/h3-6,8,10,16,20H,1-2,7,9,11-14H2,(H,21,25). The van der Waals surface area contributed by atoms with Gasteiger partial charge in [-0.25, -0.2) is 4.98 Å². The Hall–Kier alpha value is -2.34. The maximum atomic E-state index is 11.5. The summed E-state index contributed by atoms with van der Waals surface area (Å²) < 4.78 is 2.28. The van der Waals surface area contributed by atoms with Crippen LogP contribution in [0.4, 0.5) is 5.69 Å². The molecule has 25 heavy (non-hydrogen) atoms. The fourth-order valence-corrected chi connectivity index (χ4v) is 3.77. The number of amides is 1. The van der Waals surface area contributed by atoms with Crippen molar-refractivity contribution < 1.29 is 4.79 Å². The first-order chi connectivity index (χ1) is 12.3. The summed E-state index contributed by atoms with van der Waals surface area (Å²) >= 11 is 0. The van der Waals surface area contributed by atoms with E-state index < -0.39 is 0 Å². The molecule has 1 saturated heterocycles. The van der Waals surface area contributed by atoms with Crippen molar-refractivity contribution in [2.45, 2.75) is 31.8 Å². The third-order valence-electron chi connectivity index (χ3n) is 5.12.